The smallest absolute Gasteiger partial charge is 0.179 e. The number of hydrogen-bond acceptors (Lipinski definition) is 5. The Morgan fingerprint density at radius 2 is 2.09 bits per heavy atom. The zero-order valence-electron chi connectivity index (χ0n) is 13.6. The third-order valence-electron chi connectivity index (χ3n) is 4.41. The first-order valence-corrected chi connectivity index (χ1v) is 9.33. The van der Waals surface area contributed by atoms with Gasteiger partial charge in [0.25, 0.3) is 0 Å². The average Bonchev–Trinajstić information content (AvgIpc) is 3.08. The molecule has 1 heterocycles. The van der Waals surface area contributed by atoms with Crippen molar-refractivity contribution >= 4 is 17.8 Å². The lowest BCUT2D eigenvalue weighted by Gasteiger charge is -2.20. The fourth-order valence-corrected chi connectivity index (χ4v) is 3.92. The molecule has 1 N–H and O–H groups in total. The SMILES string of the molecule is COc1ccccc1-c1cc(NSCCC2CCCCC2)no1. The van der Waals surface area contributed by atoms with E-state index in [0.29, 0.717) is 0 Å². The van der Waals surface area contributed by atoms with Gasteiger partial charge in [0, 0.05) is 11.8 Å². The molecule has 4 nitrogen and oxygen atoms in total. The van der Waals surface area contributed by atoms with Gasteiger partial charge in [-0.15, -0.1) is 0 Å². The van der Waals surface area contributed by atoms with E-state index in [1.165, 1.54) is 38.5 Å². The van der Waals surface area contributed by atoms with Crippen molar-refractivity contribution in [2.75, 3.05) is 17.6 Å². The molecular weight excluding hydrogens is 308 g/mol. The summed E-state index contributed by atoms with van der Waals surface area (Å²) in [6, 6.07) is 9.72. The second-order valence-corrected chi connectivity index (χ2v) is 6.92. The highest BCUT2D eigenvalue weighted by molar-refractivity contribution is 8.00. The number of aromatic nitrogens is 1. The van der Waals surface area contributed by atoms with E-state index in [1.807, 2.05) is 30.3 Å². The van der Waals surface area contributed by atoms with Gasteiger partial charge in [0.05, 0.1) is 12.7 Å². The monoisotopic (exact) mass is 332 g/mol. The Morgan fingerprint density at radius 3 is 2.91 bits per heavy atom. The number of nitrogens with zero attached hydrogens (tertiary/aromatic N) is 1. The maximum absolute atomic E-state index is 5.43. The van der Waals surface area contributed by atoms with Crippen LogP contribution >= 0.6 is 11.9 Å². The van der Waals surface area contributed by atoms with E-state index in [9.17, 15) is 0 Å². The van der Waals surface area contributed by atoms with Gasteiger partial charge >= 0.3 is 0 Å². The molecule has 0 amide bonds. The molecule has 2 aromatic rings. The molecule has 3 rings (SSSR count). The number of hydrogen-bond donors (Lipinski definition) is 1. The summed E-state index contributed by atoms with van der Waals surface area (Å²) in [7, 11) is 1.66. The van der Waals surface area contributed by atoms with Crippen molar-refractivity contribution in [3.8, 4) is 17.1 Å². The van der Waals surface area contributed by atoms with Gasteiger partial charge in [-0.1, -0.05) is 61.3 Å². The van der Waals surface area contributed by atoms with Crippen LogP contribution in [0.15, 0.2) is 34.9 Å². The first kappa shape index (κ1) is 16.2. The summed E-state index contributed by atoms with van der Waals surface area (Å²) < 4.78 is 14.1. The standard InChI is InChI=1S/C18H24N2O2S/c1-21-16-10-6-5-9-15(16)17-13-18(19-22-17)20-23-12-11-14-7-3-2-4-8-14/h5-6,9-10,13-14H,2-4,7-8,11-12H2,1H3,(H,19,20). The lowest BCUT2D eigenvalue weighted by molar-refractivity contribution is 0.351. The molecule has 124 valence electrons. The van der Waals surface area contributed by atoms with E-state index >= 15 is 0 Å². The summed E-state index contributed by atoms with van der Waals surface area (Å²) in [6.07, 6.45) is 8.34. The van der Waals surface area contributed by atoms with Gasteiger partial charge in [-0.25, -0.2) is 0 Å². The lowest BCUT2D eigenvalue weighted by Crippen LogP contribution is -2.07. The zero-order valence-corrected chi connectivity index (χ0v) is 14.4. The minimum Gasteiger partial charge on any atom is -0.496 e. The van der Waals surface area contributed by atoms with Crippen LogP contribution in [0.25, 0.3) is 11.3 Å². The van der Waals surface area contributed by atoms with Gasteiger partial charge in [0.2, 0.25) is 0 Å². The summed E-state index contributed by atoms with van der Waals surface area (Å²) in [4.78, 5) is 0. The molecule has 0 unspecified atom stereocenters. The second-order valence-electron chi connectivity index (χ2n) is 6.02. The molecule has 0 aliphatic heterocycles. The molecule has 0 saturated heterocycles. The van der Waals surface area contributed by atoms with E-state index in [0.717, 1.165) is 34.6 Å². The largest absolute Gasteiger partial charge is 0.496 e. The molecule has 1 aliphatic carbocycles. The van der Waals surface area contributed by atoms with Crippen LogP contribution in [0, 0.1) is 5.92 Å². The number of ether oxygens (including phenoxy) is 1. The van der Waals surface area contributed by atoms with Crippen molar-refractivity contribution in [1.29, 1.82) is 0 Å². The van der Waals surface area contributed by atoms with E-state index in [4.69, 9.17) is 9.26 Å². The van der Waals surface area contributed by atoms with E-state index in [1.54, 1.807) is 19.1 Å². The van der Waals surface area contributed by atoms with E-state index < -0.39 is 0 Å². The van der Waals surface area contributed by atoms with Crippen molar-refractivity contribution < 1.29 is 9.26 Å². The number of para-hydroxylation sites is 1. The fourth-order valence-electron chi connectivity index (χ4n) is 3.12. The van der Waals surface area contributed by atoms with Crippen LogP contribution in [0.2, 0.25) is 0 Å². The third kappa shape index (κ3) is 4.44. The molecule has 1 fully saturated rings. The Labute approximate surface area is 142 Å². The number of methoxy groups -OCH3 is 1. The van der Waals surface area contributed by atoms with Gasteiger partial charge in [-0.2, -0.15) is 0 Å². The number of anilines is 1. The number of benzene rings is 1. The molecule has 0 bridgehead atoms. The lowest BCUT2D eigenvalue weighted by atomic mass is 9.88. The third-order valence-corrected chi connectivity index (χ3v) is 5.21. The highest BCUT2D eigenvalue weighted by Crippen LogP contribution is 2.32. The second kappa shape index (κ2) is 8.29. The molecule has 1 saturated carbocycles. The predicted octanol–water partition coefficient (Wildman–Crippen LogP) is 5.38. The topological polar surface area (TPSA) is 47.3 Å². The van der Waals surface area contributed by atoms with Crippen LogP contribution in [0.5, 0.6) is 5.75 Å². The van der Waals surface area contributed by atoms with Gasteiger partial charge in [0.1, 0.15) is 5.75 Å². The first-order valence-electron chi connectivity index (χ1n) is 8.34. The average molecular weight is 332 g/mol. The van der Waals surface area contributed by atoms with Crippen molar-refractivity contribution in [2.24, 2.45) is 5.92 Å². The Balaban J connectivity index is 1.49. The van der Waals surface area contributed by atoms with Crippen molar-refractivity contribution in [3.05, 3.63) is 30.3 Å². The highest BCUT2D eigenvalue weighted by Gasteiger charge is 2.14. The fraction of sp³-hybridized carbons (Fsp3) is 0.500. The molecular formula is C18H24N2O2S. The van der Waals surface area contributed by atoms with Crippen LogP contribution in [0.3, 0.4) is 0 Å². The summed E-state index contributed by atoms with van der Waals surface area (Å²) in [6.45, 7) is 0. The van der Waals surface area contributed by atoms with Gasteiger partial charge in [-0.05, 0) is 24.5 Å². The van der Waals surface area contributed by atoms with Gasteiger partial charge < -0.3 is 14.0 Å². The van der Waals surface area contributed by atoms with Crippen LogP contribution in [-0.4, -0.2) is 18.0 Å². The minimum atomic E-state index is 0.720. The van der Waals surface area contributed by atoms with Crippen molar-refractivity contribution in [3.63, 3.8) is 0 Å². The Kier molecular flexibility index (Phi) is 5.86. The van der Waals surface area contributed by atoms with E-state index in [2.05, 4.69) is 9.88 Å². The van der Waals surface area contributed by atoms with E-state index in [-0.39, 0.29) is 0 Å². The quantitative estimate of drug-likeness (QED) is 0.545. The van der Waals surface area contributed by atoms with Crippen molar-refractivity contribution in [1.82, 2.24) is 5.16 Å². The highest BCUT2D eigenvalue weighted by atomic mass is 32.2. The van der Waals surface area contributed by atoms with Crippen LogP contribution < -0.4 is 9.46 Å². The van der Waals surface area contributed by atoms with Gasteiger partial charge in [0.15, 0.2) is 11.6 Å². The Morgan fingerprint density at radius 1 is 1.26 bits per heavy atom. The molecule has 23 heavy (non-hydrogen) atoms. The zero-order chi connectivity index (χ0) is 15.9. The molecule has 1 aliphatic rings. The molecule has 0 radical (unpaired) electrons. The number of nitrogens with one attached hydrogen (secondary N) is 1. The molecule has 0 atom stereocenters. The van der Waals surface area contributed by atoms with Crippen LogP contribution in [-0.2, 0) is 0 Å². The first-order chi connectivity index (χ1) is 11.4. The molecule has 0 spiro atoms. The maximum Gasteiger partial charge on any atom is 0.179 e. The molecule has 5 heteroatoms. The Hall–Kier alpha value is -1.62. The molecule has 1 aromatic carbocycles. The van der Waals surface area contributed by atoms with Crippen molar-refractivity contribution in [2.45, 2.75) is 38.5 Å². The predicted molar refractivity (Wildman–Crippen MR) is 95.8 cm³/mol. The summed E-state index contributed by atoms with van der Waals surface area (Å²) in [5.41, 5.74) is 0.919. The molecule has 1 aromatic heterocycles. The summed E-state index contributed by atoms with van der Waals surface area (Å²) >= 11 is 1.71. The maximum atomic E-state index is 5.43. The summed E-state index contributed by atoms with van der Waals surface area (Å²) in [5.74, 6) is 4.30. The normalized spacial score (nSPS) is 15.5. The number of rotatable bonds is 7. The summed E-state index contributed by atoms with van der Waals surface area (Å²) in [5, 5.41) is 4.09. The Bertz CT molecular complexity index is 609. The van der Waals surface area contributed by atoms with Gasteiger partial charge in [-0.3, -0.25) is 0 Å². The van der Waals surface area contributed by atoms with Crippen LogP contribution in [0.4, 0.5) is 5.82 Å². The minimum absolute atomic E-state index is 0.720. The van der Waals surface area contributed by atoms with Crippen LogP contribution in [0.1, 0.15) is 38.5 Å².